The van der Waals surface area contributed by atoms with E-state index < -0.39 is 6.08 Å². The number of allylic oxidation sites excluding steroid dienone is 2. The largest absolute Gasteiger partial charge is 0.349 e. The van der Waals surface area contributed by atoms with Gasteiger partial charge in [-0.05, 0) is 131 Å². The number of hydrogen-bond acceptors (Lipinski definition) is 2. The van der Waals surface area contributed by atoms with Gasteiger partial charge < -0.3 is 9.47 Å². The molecule has 194 valence electrons. The van der Waals surface area contributed by atoms with Crippen LogP contribution in [0.3, 0.4) is 0 Å². The Morgan fingerprint density at radius 1 is 0.676 bits per heavy atom. The van der Waals surface area contributed by atoms with E-state index in [9.17, 15) is 8.78 Å². The predicted octanol–water partition coefficient (Wildman–Crippen LogP) is 8.92. The number of rotatable bonds is 8. The summed E-state index contributed by atoms with van der Waals surface area (Å²) in [5, 5.41) is 0. The third-order valence-corrected chi connectivity index (χ3v) is 9.88. The minimum atomic E-state index is -1.51. The average Bonchev–Trinajstić information content (AvgIpc) is 2.88. The summed E-state index contributed by atoms with van der Waals surface area (Å²) >= 11 is 0. The molecule has 4 rings (SSSR count). The summed E-state index contributed by atoms with van der Waals surface area (Å²) in [7, 11) is 0. The van der Waals surface area contributed by atoms with E-state index in [4.69, 9.17) is 9.47 Å². The Bertz CT molecular complexity index is 626. The molecule has 0 amide bonds. The first-order valence-corrected chi connectivity index (χ1v) is 14.5. The highest BCUT2D eigenvalue weighted by atomic mass is 19.3. The lowest BCUT2D eigenvalue weighted by Crippen LogP contribution is -2.37. The van der Waals surface area contributed by atoms with Crippen LogP contribution >= 0.6 is 0 Å². The van der Waals surface area contributed by atoms with Crippen molar-refractivity contribution >= 4 is 0 Å². The normalized spacial score (nSPS) is 39.7. The quantitative estimate of drug-likeness (QED) is 0.324. The summed E-state index contributed by atoms with van der Waals surface area (Å²) in [5.41, 5.74) is 0. The number of hydrogen-bond donors (Lipinski definition) is 0. The minimum absolute atomic E-state index is 0.124. The Morgan fingerprint density at radius 3 is 1.56 bits per heavy atom. The van der Waals surface area contributed by atoms with E-state index in [1.54, 1.807) is 0 Å². The maximum atomic E-state index is 12.3. The molecule has 0 aromatic carbocycles. The highest BCUT2D eigenvalue weighted by molar-refractivity contribution is 4.90. The van der Waals surface area contributed by atoms with Crippen LogP contribution in [-0.4, -0.2) is 19.5 Å². The van der Waals surface area contributed by atoms with E-state index in [0.717, 1.165) is 61.7 Å². The van der Waals surface area contributed by atoms with Crippen LogP contribution in [0.5, 0.6) is 0 Å². The topological polar surface area (TPSA) is 18.5 Å². The molecule has 0 N–H and O–H groups in total. The lowest BCUT2D eigenvalue weighted by Gasteiger charge is -2.42. The molecular weight excluding hydrogens is 430 g/mol. The molecule has 34 heavy (non-hydrogen) atoms. The van der Waals surface area contributed by atoms with Crippen molar-refractivity contribution in [1.29, 1.82) is 0 Å². The van der Waals surface area contributed by atoms with Gasteiger partial charge in [-0.1, -0.05) is 25.8 Å². The van der Waals surface area contributed by atoms with Crippen LogP contribution in [0, 0.1) is 41.4 Å². The van der Waals surface area contributed by atoms with Crippen molar-refractivity contribution in [3.63, 3.8) is 0 Å². The Balaban J connectivity index is 1.11. The highest BCUT2D eigenvalue weighted by Crippen LogP contribution is 2.47. The molecule has 0 spiro atoms. The summed E-state index contributed by atoms with van der Waals surface area (Å²) in [6, 6.07) is 0. The molecule has 4 fully saturated rings. The van der Waals surface area contributed by atoms with Gasteiger partial charge in [0.15, 0.2) is 6.29 Å². The molecule has 4 heteroatoms. The van der Waals surface area contributed by atoms with Crippen molar-refractivity contribution in [2.75, 3.05) is 13.2 Å². The smallest absolute Gasteiger partial charge is 0.266 e. The van der Waals surface area contributed by atoms with Crippen LogP contribution in [0.1, 0.15) is 103 Å². The van der Waals surface area contributed by atoms with Gasteiger partial charge in [0, 0.05) is 5.92 Å². The van der Waals surface area contributed by atoms with Crippen LogP contribution in [0.15, 0.2) is 24.3 Å². The summed E-state index contributed by atoms with van der Waals surface area (Å²) in [4.78, 5) is 0. The molecular formula is C30H48F2O2. The SMILES string of the molecule is CCC=CC1OCC(C2CCC(C3CCC(C4CCC(CCC=C(F)F)CC4)CC3)CC2)CO1. The van der Waals surface area contributed by atoms with Gasteiger partial charge in [-0.2, -0.15) is 8.78 Å². The first kappa shape index (κ1) is 26.3. The first-order valence-electron chi connectivity index (χ1n) is 14.5. The third-order valence-electron chi connectivity index (χ3n) is 9.88. The van der Waals surface area contributed by atoms with Crippen molar-refractivity contribution in [2.45, 2.75) is 110 Å². The summed E-state index contributed by atoms with van der Waals surface area (Å²) < 4.78 is 36.4. The Hall–Kier alpha value is -0.740. The number of halogens is 2. The average molecular weight is 479 g/mol. The zero-order valence-corrected chi connectivity index (χ0v) is 21.4. The van der Waals surface area contributed by atoms with Crippen LogP contribution < -0.4 is 0 Å². The van der Waals surface area contributed by atoms with Gasteiger partial charge in [0.25, 0.3) is 6.08 Å². The van der Waals surface area contributed by atoms with E-state index in [1.807, 2.05) is 0 Å². The third kappa shape index (κ3) is 7.63. The van der Waals surface area contributed by atoms with Gasteiger partial charge in [0.1, 0.15) is 0 Å². The fraction of sp³-hybridized carbons (Fsp3) is 0.867. The van der Waals surface area contributed by atoms with E-state index in [1.165, 1.54) is 77.0 Å². The predicted molar refractivity (Wildman–Crippen MR) is 134 cm³/mol. The van der Waals surface area contributed by atoms with Gasteiger partial charge in [0.05, 0.1) is 13.2 Å². The van der Waals surface area contributed by atoms with E-state index >= 15 is 0 Å². The molecule has 3 aliphatic carbocycles. The molecule has 0 atom stereocenters. The van der Waals surface area contributed by atoms with Crippen LogP contribution in [-0.2, 0) is 9.47 Å². The molecule has 1 heterocycles. The second-order valence-corrected chi connectivity index (χ2v) is 11.8. The van der Waals surface area contributed by atoms with Crippen molar-refractivity contribution in [1.82, 2.24) is 0 Å². The van der Waals surface area contributed by atoms with Gasteiger partial charge in [-0.3, -0.25) is 0 Å². The summed E-state index contributed by atoms with van der Waals surface area (Å²) in [5.74, 6) is 5.80. The lowest BCUT2D eigenvalue weighted by molar-refractivity contribution is -0.186. The Morgan fingerprint density at radius 2 is 1.12 bits per heavy atom. The minimum Gasteiger partial charge on any atom is -0.349 e. The molecule has 4 aliphatic rings. The zero-order valence-electron chi connectivity index (χ0n) is 21.4. The molecule has 2 nitrogen and oxygen atoms in total. The Labute approximate surface area is 206 Å². The van der Waals surface area contributed by atoms with E-state index in [-0.39, 0.29) is 6.29 Å². The molecule has 3 saturated carbocycles. The van der Waals surface area contributed by atoms with Gasteiger partial charge in [-0.25, -0.2) is 0 Å². The van der Waals surface area contributed by atoms with Crippen LogP contribution in [0.4, 0.5) is 8.78 Å². The molecule has 0 aromatic heterocycles. The monoisotopic (exact) mass is 478 g/mol. The molecule has 0 aromatic rings. The molecule has 1 saturated heterocycles. The highest BCUT2D eigenvalue weighted by Gasteiger charge is 2.36. The van der Waals surface area contributed by atoms with Crippen molar-refractivity contribution in [3.05, 3.63) is 24.3 Å². The van der Waals surface area contributed by atoms with Crippen molar-refractivity contribution in [3.8, 4) is 0 Å². The molecule has 0 unspecified atom stereocenters. The molecule has 1 aliphatic heterocycles. The standard InChI is InChI=1S/C30H48F2O2/c1-2-3-7-30-33-20-28(21-34-30)27-18-16-26(17-19-27)25-14-12-24(13-15-25)23-10-8-22(9-11-23)5-4-6-29(31)32/h3,6-7,22-28,30H,2,4-5,8-21H2,1H3. The van der Waals surface area contributed by atoms with Crippen LogP contribution in [0.2, 0.25) is 0 Å². The summed E-state index contributed by atoms with van der Waals surface area (Å²) in [6.45, 7) is 3.87. The van der Waals surface area contributed by atoms with E-state index in [2.05, 4.69) is 19.1 Å². The van der Waals surface area contributed by atoms with Crippen molar-refractivity contribution < 1.29 is 18.3 Å². The second-order valence-electron chi connectivity index (χ2n) is 11.8. The van der Waals surface area contributed by atoms with E-state index in [0.29, 0.717) is 18.3 Å². The maximum absolute atomic E-state index is 12.3. The summed E-state index contributed by atoms with van der Waals surface area (Å²) in [6.07, 6.45) is 22.7. The van der Waals surface area contributed by atoms with Crippen molar-refractivity contribution in [2.24, 2.45) is 41.4 Å². The van der Waals surface area contributed by atoms with Gasteiger partial charge >= 0.3 is 0 Å². The Kier molecular flexibility index (Phi) is 10.5. The van der Waals surface area contributed by atoms with Crippen LogP contribution in [0.25, 0.3) is 0 Å². The van der Waals surface area contributed by atoms with Gasteiger partial charge in [0.2, 0.25) is 0 Å². The number of ether oxygens (including phenoxy) is 2. The lowest BCUT2D eigenvalue weighted by atomic mass is 9.64. The molecule has 0 radical (unpaired) electrons. The fourth-order valence-corrected chi connectivity index (χ4v) is 7.72. The second kappa shape index (κ2) is 13.5. The maximum Gasteiger partial charge on any atom is 0.266 e. The zero-order chi connectivity index (χ0) is 23.8. The first-order chi connectivity index (χ1) is 16.6. The molecule has 0 bridgehead atoms. The van der Waals surface area contributed by atoms with Gasteiger partial charge in [-0.15, -0.1) is 0 Å². The fourth-order valence-electron chi connectivity index (χ4n) is 7.72.